The summed E-state index contributed by atoms with van der Waals surface area (Å²) in [6.45, 7) is 3.28. The van der Waals surface area contributed by atoms with Gasteiger partial charge in [-0.15, -0.1) is 0 Å². The van der Waals surface area contributed by atoms with Gasteiger partial charge in [-0.25, -0.2) is 4.98 Å². The van der Waals surface area contributed by atoms with Gasteiger partial charge in [0, 0.05) is 55.1 Å². The number of piperazine rings is 1. The number of nitrogens with zero attached hydrogens (tertiary/aromatic N) is 2. The standard InChI is InChI=1S/C18H18N4O/c23-18(22-9-7-19-8-10-22)14-3-1-13(2-4-14)16-11-15-5-6-20-17(15)21-12-16/h1-6,11-12,19H,7-10H2,(H,20,21). The molecule has 1 aliphatic rings. The van der Waals surface area contributed by atoms with Gasteiger partial charge in [-0.2, -0.15) is 0 Å². The van der Waals surface area contributed by atoms with Crippen LogP contribution in [0.1, 0.15) is 10.4 Å². The minimum atomic E-state index is 0.109. The van der Waals surface area contributed by atoms with Crippen LogP contribution in [-0.4, -0.2) is 47.0 Å². The van der Waals surface area contributed by atoms with Crippen LogP contribution in [0.4, 0.5) is 0 Å². The van der Waals surface area contributed by atoms with Gasteiger partial charge in [-0.3, -0.25) is 4.79 Å². The van der Waals surface area contributed by atoms with Crippen LogP contribution in [0.5, 0.6) is 0 Å². The Hall–Kier alpha value is -2.66. The number of carbonyl (C=O) groups is 1. The lowest BCUT2D eigenvalue weighted by molar-refractivity contribution is 0.0736. The molecule has 5 nitrogen and oxygen atoms in total. The first kappa shape index (κ1) is 14.0. The third kappa shape index (κ3) is 2.71. The van der Waals surface area contributed by atoms with E-state index in [0.29, 0.717) is 0 Å². The van der Waals surface area contributed by atoms with E-state index in [9.17, 15) is 4.79 Å². The van der Waals surface area contributed by atoms with Gasteiger partial charge in [-0.1, -0.05) is 12.1 Å². The van der Waals surface area contributed by atoms with Gasteiger partial charge in [0.15, 0.2) is 0 Å². The molecule has 1 aliphatic heterocycles. The van der Waals surface area contributed by atoms with Crippen molar-refractivity contribution in [2.45, 2.75) is 0 Å². The van der Waals surface area contributed by atoms with Crippen molar-refractivity contribution in [1.82, 2.24) is 20.2 Å². The van der Waals surface area contributed by atoms with E-state index in [0.717, 1.165) is 53.9 Å². The first-order chi connectivity index (χ1) is 11.3. The number of H-pyrrole nitrogens is 1. The zero-order valence-corrected chi connectivity index (χ0v) is 12.7. The number of aromatic amines is 1. The molecule has 5 heteroatoms. The molecule has 1 aromatic carbocycles. The second kappa shape index (κ2) is 5.85. The van der Waals surface area contributed by atoms with Crippen molar-refractivity contribution in [2.24, 2.45) is 0 Å². The van der Waals surface area contributed by atoms with Crippen LogP contribution in [-0.2, 0) is 0 Å². The molecule has 2 N–H and O–H groups in total. The van der Waals surface area contributed by atoms with E-state index >= 15 is 0 Å². The first-order valence-electron chi connectivity index (χ1n) is 7.85. The van der Waals surface area contributed by atoms with Crippen LogP contribution in [0.25, 0.3) is 22.2 Å². The normalized spacial score (nSPS) is 15.0. The van der Waals surface area contributed by atoms with E-state index in [1.807, 2.05) is 47.6 Å². The van der Waals surface area contributed by atoms with Gasteiger partial charge in [0.2, 0.25) is 0 Å². The third-order valence-corrected chi connectivity index (χ3v) is 4.27. The summed E-state index contributed by atoms with van der Waals surface area (Å²) in [6.07, 6.45) is 3.74. The molecule has 1 amide bonds. The second-order valence-electron chi connectivity index (χ2n) is 5.76. The summed E-state index contributed by atoms with van der Waals surface area (Å²) in [7, 11) is 0. The molecule has 0 spiro atoms. The van der Waals surface area contributed by atoms with E-state index < -0.39 is 0 Å². The lowest BCUT2D eigenvalue weighted by Gasteiger charge is -2.27. The largest absolute Gasteiger partial charge is 0.346 e. The Bertz CT molecular complexity index is 832. The number of rotatable bonds is 2. The SMILES string of the molecule is O=C(c1ccc(-c2cnc3[nH]ccc3c2)cc1)N1CCNCC1. The number of fused-ring (bicyclic) bond motifs is 1. The number of benzene rings is 1. The summed E-state index contributed by atoms with van der Waals surface area (Å²) < 4.78 is 0. The van der Waals surface area contributed by atoms with Crippen LogP contribution in [0.15, 0.2) is 48.8 Å². The van der Waals surface area contributed by atoms with Gasteiger partial charge in [0.05, 0.1) is 0 Å². The van der Waals surface area contributed by atoms with Gasteiger partial charge in [-0.05, 0) is 29.8 Å². The zero-order chi connectivity index (χ0) is 15.6. The topological polar surface area (TPSA) is 61.0 Å². The Morgan fingerprint density at radius 1 is 1.04 bits per heavy atom. The number of carbonyl (C=O) groups excluding carboxylic acids is 1. The minimum absolute atomic E-state index is 0.109. The summed E-state index contributed by atoms with van der Waals surface area (Å²) in [5.74, 6) is 0.109. The monoisotopic (exact) mass is 306 g/mol. The summed E-state index contributed by atoms with van der Waals surface area (Å²) in [6, 6.07) is 11.9. The van der Waals surface area contributed by atoms with Gasteiger partial charge >= 0.3 is 0 Å². The highest BCUT2D eigenvalue weighted by Gasteiger charge is 2.17. The third-order valence-electron chi connectivity index (χ3n) is 4.27. The number of amides is 1. The Balaban J connectivity index is 1.58. The molecular weight excluding hydrogens is 288 g/mol. The second-order valence-corrected chi connectivity index (χ2v) is 5.76. The Morgan fingerprint density at radius 3 is 2.61 bits per heavy atom. The lowest BCUT2D eigenvalue weighted by Crippen LogP contribution is -2.46. The van der Waals surface area contributed by atoms with Crippen LogP contribution >= 0.6 is 0 Å². The number of hydrogen-bond acceptors (Lipinski definition) is 3. The molecule has 1 saturated heterocycles. The van der Waals surface area contributed by atoms with E-state index in [2.05, 4.69) is 21.4 Å². The van der Waals surface area contributed by atoms with E-state index in [4.69, 9.17) is 0 Å². The van der Waals surface area contributed by atoms with Crippen molar-refractivity contribution in [3.63, 3.8) is 0 Å². The van der Waals surface area contributed by atoms with Crippen LogP contribution < -0.4 is 5.32 Å². The highest BCUT2D eigenvalue weighted by atomic mass is 16.2. The smallest absolute Gasteiger partial charge is 0.253 e. The fourth-order valence-corrected chi connectivity index (χ4v) is 2.95. The molecule has 1 fully saturated rings. The predicted molar refractivity (Wildman–Crippen MR) is 90.3 cm³/mol. The van der Waals surface area contributed by atoms with Gasteiger partial charge < -0.3 is 15.2 Å². The van der Waals surface area contributed by atoms with E-state index in [1.165, 1.54) is 0 Å². The average Bonchev–Trinajstić information content (AvgIpc) is 3.10. The molecule has 116 valence electrons. The van der Waals surface area contributed by atoms with E-state index in [-0.39, 0.29) is 5.91 Å². The zero-order valence-electron chi connectivity index (χ0n) is 12.7. The number of pyridine rings is 1. The first-order valence-corrected chi connectivity index (χ1v) is 7.85. The number of aromatic nitrogens is 2. The Kier molecular flexibility index (Phi) is 3.55. The number of nitrogens with one attached hydrogen (secondary N) is 2. The summed E-state index contributed by atoms with van der Waals surface area (Å²) >= 11 is 0. The number of hydrogen-bond donors (Lipinski definition) is 2. The van der Waals surface area contributed by atoms with Crippen molar-refractivity contribution >= 4 is 16.9 Å². The summed E-state index contributed by atoms with van der Waals surface area (Å²) in [5.41, 5.74) is 3.75. The molecule has 0 unspecified atom stereocenters. The molecule has 0 bridgehead atoms. The molecule has 3 aromatic rings. The maximum Gasteiger partial charge on any atom is 0.253 e. The van der Waals surface area contributed by atoms with Gasteiger partial charge in [0.25, 0.3) is 5.91 Å². The molecular formula is C18H18N4O. The van der Waals surface area contributed by atoms with Gasteiger partial charge in [0.1, 0.15) is 5.65 Å². The van der Waals surface area contributed by atoms with Crippen LogP contribution in [0, 0.1) is 0 Å². The van der Waals surface area contributed by atoms with E-state index in [1.54, 1.807) is 0 Å². The quantitative estimate of drug-likeness (QED) is 0.763. The molecule has 2 aromatic heterocycles. The summed E-state index contributed by atoms with van der Waals surface area (Å²) in [5, 5.41) is 4.35. The van der Waals surface area contributed by atoms with Crippen molar-refractivity contribution < 1.29 is 4.79 Å². The summed E-state index contributed by atoms with van der Waals surface area (Å²) in [4.78, 5) is 21.9. The highest BCUT2D eigenvalue weighted by molar-refractivity contribution is 5.95. The predicted octanol–water partition coefficient (Wildman–Crippen LogP) is 2.28. The van der Waals surface area contributed by atoms with Crippen molar-refractivity contribution in [3.8, 4) is 11.1 Å². The highest BCUT2D eigenvalue weighted by Crippen LogP contribution is 2.23. The molecule has 4 rings (SSSR count). The molecule has 23 heavy (non-hydrogen) atoms. The average molecular weight is 306 g/mol. The Morgan fingerprint density at radius 2 is 1.83 bits per heavy atom. The van der Waals surface area contributed by atoms with Crippen molar-refractivity contribution in [3.05, 3.63) is 54.4 Å². The van der Waals surface area contributed by atoms with Crippen LogP contribution in [0.2, 0.25) is 0 Å². The molecule has 0 aliphatic carbocycles. The maximum atomic E-state index is 12.5. The maximum absolute atomic E-state index is 12.5. The lowest BCUT2D eigenvalue weighted by atomic mass is 10.0. The van der Waals surface area contributed by atoms with Crippen molar-refractivity contribution in [2.75, 3.05) is 26.2 Å². The van der Waals surface area contributed by atoms with Crippen LogP contribution in [0.3, 0.4) is 0 Å². The Labute approximate surface area is 134 Å². The fourth-order valence-electron chi connectivity index (χ4n) is 2.95. The molecule has 0 saturated carbocycles. The molecule has 0 radical (unpaired) electrons. The fraction of sp³-hybridized carbons (Fsp3) is 0.222. The van der Waals surface area contributed by atoms with Crippen molar-refractivity contribution in [1.29, 1.82) is 0 Å². The minimum Gasteiger partial charge on any atom is -0.346 e. The molecule has 3 heterocycles. The molecule has 0 atom stereocenters.